The fourth-order valence-electron chi connectivity index (χ4n) is 1.66. The summed E-state index contributed by atoms with van der Waals surface area (Å²) >= 11 is 23.5. The second-order valence-electron chi connectivity index (χ2n) is 4.71. The van der Waals surface area contributed by atoms with Gasteiger partial charge in [0, 0.05) is 10.7 Å². The number of alkyl halides is 1. The lowest BCUT2D eigenvalue weighted by atomic mass is 10.3. The monoisotopic (exact) mass is 407 g/mol. The molecule has 0 heterocycles. The first-order chi connectivity index (χ1) is 11.4. The van der Waals surface area contributed by atoms with E-state index in [1.54, 1.807) is 36.4 Å². The summed E-state index contributed by atoms with van der Waals surface area (Å²) in [7, 11) is 0. The molecule has 0 saturated heterocycles. The van der Waals surface area contributed by atoms with E-state index < -0.39 is 11.5 Å². The van der Waals surface area contributed by atoms with Crippen molar-refractivity contribution in [2.45, 2.75) is 5.38 Å². The number of rotatable bonds is 6. The van der Waals surface area contributed by atoms with Crippen LogP contribution in [-0.2, 0) is 4.74 Å². The third kappa shape index (κ3) is 6.29. The molecule has 1 atom stereocenters. The Labute approximate surface area is 159 Å². The van der Waals surface area contributed by atoms with Gasteiger partial charge < -0.3 is 9.47 Å². The molecular weight excluding hydrogens is 396 g/mol. The molecule has 0 aromatic heterocycles. The molecule has 0 spiro atoms. The minimum atomic E-state index is -0.648. The van der Waals surface area contributed by atoms with Crippen molar-refractivity contribution in [2.75, 3.05) is 18.5 Å². The molecule has 24 heavy (non-hydrogen) atoms. The number of ether oxygens (including phenoxy) is 2. The van der Waals surface area contributed by atoms with Crippen LogP contribution in [0.15, 0.2) is 42.5 Å². The molecule has 2 aromatic rings. The van der Waals surface area contributed by atoms with Gasteiger partial charge in [0.2, 0.25) is 0 Å². The van der Waals surface area contributed by atoms with Gasteiger partial charge in [0.1, 0.15) is 24.3 Å². The highest BCUT2D eigenvalue weighted by Crippen LogP contribution is 2.25. The fraction of sp³-hybridized carbons (Fsp3) is 0.188. The summed E-state index contributed by atoms with van der Waals surface area (Å²) in [6.07, 6.45) is -0.648. The van der Waals surface area contributed by atoms with Gasteiger partial charge in [-0.25, -0.2) is 4.79 Å². The molecule has 4 nitrogen and oxygen atoms in total. The minimum Gasteiger partial charge on any atom is -0.492 e. The second kappa shape index (κ2) is 9.23. The lowest BCUT2D eigenvalue weighted by molar-refractivity contribution is 0.153. The summed E-state index contributed by atoms with van der Waals surface area (Å²) in [4.78, 5) is 11.7. The number of carbonyl (C=O) groups excluding carboxylic acids is 1. The molecule has 1 amide bonds. The molecule has 2 rings (SSSR count). The molecule has 128 valence electrons. The predicted octanol–water partition coefficient (Wildman–Crippen LogP) is 5.88. The molecule has 0 bridgehead atoms. The zero-order valence-corrected chi connectivity index (χ0v) is 15.3. The Morgan fingerprint density at radius 1 is 1.00 bits per heavy atom. The highest BCUT2D eigenvalue weighted by atomic mass is 35.5. The number of hydrogen-bond acceptors (Lipinski definition) is 3. The maximum Gasteiger partial charge on any atom is 0.411 e. The van der Waals surface area contributed by atoms with E-state index in [9.17, 15) is 4.79 Å². The highest BCUT2D eigenvalue weighted by Gasteiger charge is 2.11. The van der Waals surface area contributed by atoms with Gasteiger partial charge in [0.25, 0.3) is 0 Å². The van der Waals surface area contributed by atoms with Crippen molar-refractivity contribution in [3.63, 3.8) is 0 Å². The molecule has 0 aliphatic rings. The molecule has 0 unspecified atom stereocenters. The van der Waals surface area contributed by atoms with Gasteiger partial charge in [0.05, 0.1) is 10.0 Å². The third-order valence-corrected chi connectivity index (χ3v) is 4.05. The van der Waals surface area contributed by atoms with Gasteiger partial charge in [-0.15, -0.1) is 11.6 Å². The van der Waals surface area contributed by atoms with Crippen LogP contribution < -0.4 is 10.1 Å². The summed E-state index contributed by atoms with van der Waals surface area (Å²) in [6.45, 7) is 0.172. The van der Waals surface area contributed by atoms with Crippen molar-refractivity contribution in [3.8, 4) is 5.75 Å². The SMILES string of the molecule is O=C(Nc1ccc(Cl)c(Cl)c1)OC[C@H](Cl)COc1ccc(Cl)cc1. The summed E-state index contributed by atoms with van der Waals surface area (Å²) in [5, 5.41) is 3.38. The van der Waals surface area contributed by atoms with E-state index in [1.165, 1.54) is 6.07 Å². The largest absolute Gasteiger partial charge is 0.492 e. The van der Waals surface area contributed by atoms with E-state index in [0.717, 1.165) is 0 Å². The zero-order chi connectivity index (χ0) is 17.5. The average molecular weight is 409 g/mol. The van der Waals surface area contributed by atoms with Crippen LogP contribution in [0.1, 0.15) is 0 Å². The maximum absolute atomic E-state index is 11.7. The summed E-state index contributed by atoms with van der Waals surface area (Å²) in [5.41, 5.74) is 0.470. The number of benzene rings is 2. The average Bonchev–Trinajstić information content (AvgIpc) is 2.56. The number of anilines is 1. The zero-order valence-electron chi connectivity index (χ0n) is 12.3. The smallest absolute Gasteiger partial charge is 0.411 e. The summed E-state index contributed by atoms with van der Waals surface area (Å²) < 4.78 is 10.5. The lowest BCUT2D eigenvalue weighted by Crippen LogP contribution is -2.23. The first-order valence-corrected chi connectivity index (χ1v) is 8.42. The Morgan fingerprint density at radius 3 is 2.38 bits per heavy atom. The molecular formula is C16H13Cl4NO3. The van der Waals surface area contributed by atoms with Gasteiger partial charge in [-0.2, -0.15) is 0 Å². The first kappa shape index (κ1) is 19.0. The Balaban J connectivity index is 1.72. The molecule has 0 aliphatic heterocycles. The van der Waals surface area contributed by atoms with Crippen LogP contribution in [0.2, 0.25) is 15.1 Å². The third-order valence-electron chi connectivity index (χ3n) is 2.81. The minimum absolute atomic E-state index is 0.0116. The maximum atomic E-state index is 11.7. The van der Waals surface area contributed by atoms with E-state index in [2.05, 4.69) is 5.32 Å². The van der Waals surface area contributed by atoms with Crippen molar-refractivity contribution in [1.82, 2.24) is 0 Å². The molecule has 8 heteroatoms. The van der Waals surface area contributed by atoms with Crippen LogP contribution in [0.5, 0.6) is 5.75 Å². The number of carbonyl (C=O) groups is 1. The Morgan fingerprint density at radius 2 is 1.71 bits per heavy atom. The topological polar surface area (TPSA) is 47.6 Å². The second-order valence-corrected chi connectivity index (χ2v) is 6.58. The molecule has 0 radical (unpaired) electrons. The van der Waals surface area contributed by atoms with Crippen molar-refractivity contribution in [3.05, 3.63) is 57.5 Å². The van der Waals surface area contributed by atoms with Crippen LogP contribution in [0.4, 0.5) is 10.5 Å². The lowest BCUT2D eigenvalue weighted by Gasteiger charge is -2.13. The van der Waals surface area contributed by atoms with Crippen molar-refractivity contribution in [2.24, 2.45) is 0 Å². The quantitative estimate of drug-likeness (QED) is 0.607. The van der Waals surface area contributed by atoms with Gasteiger partial charge >= 0.3 is 6.09 Å². The normalized spacial score (nSPS) is 11.7. The Hall–Kier alpha value is -1.33. The van der Waals surface area contributed by atoms with Crippen LogP contribution in [0.25, 0.3) is 0 Å². The molecule has 1 N–H and O–H groups in total. The molecule has 0 fully saturated rings. The fourth-order valence-corrected chi connectivity index (χ4v) is 2.21. The van der Waals surface area contributed by atoms with E-state index in [-0.39, 0.29) is 13.2 Å². The van der Waals surface area contributed by atoms with Crippen molar-refractivity contribution in [1.29, 1.82) is 0 Å². The first-order valence-electron chi connectivity index (χ1n) is 6.85. The predicted molar refractivity (Wildman–Crippen MR) is 98.0 cm³/mol. The number of nitrogens with one attached hydrogen (secondary N) is 1. The standard InChI is InChI=1S/C16H13Cl4NO3/c17-10-1-4-13(5-2-10)23-8-11(18)9-24-16(22)21-12-3-6-14(19)15(20)7-12/h1-7,11H,8-9H2,(H,21,22)/t11-/m1/s1. The Kier molecular flexibility index (Phi) is 7.31. The van der Waals surface area contributed by atoms with Crippen LogP contribution >= 0.6 is 46.4 Å². The van der Waals surface area contributed by atoms with Crippen molar-refractivity contribution >= 4 is 58.2 Å². The summed E-state index contributed by atoms with van der Waals surface area (Å²) in [5.74, 6) is 0.630. The van der Waals surface area contributed by atoms with E-state index in [0.29, 0.717) is 26.5 Å². The van der Waals surface area contributed by atoms with E-state index >= 15 is 0 Å². The number of amides is 1. The van der Waals surface area contributed by atoms with E-state index in [1.807, 2.05) is 0 Å². The van der Waals surface area contributed by atoms with E-state index in [4.69, 9.17) is 55.9 Å². The number of hydrogen-bond donors (Lipinski definition) is 1. The molecule has 2 aromatic carbocycles. The van der Waals surface area contributed by atoms with Crippen LogP contribution in [0, 0.1) is 0 Å². The molecule has 0 saturated carbocycles. The van der Waals surface area contributed by atoms with Crippen LogP contribution in [0.3, 0.4) is 0 Å². The van der Waals surface area contributed by atoms with Gasteiger partial charge in [-0.3, -0.25) is 5.32 Å². The highest BCUT2D eigenvalue weighted by molar-refractivity contribution is 6.42. The molecule has 0 aliphatic carbocycles. The number of halogens is 4. The van der Waals surface area contributed by atoms with Crippen LogP contribution in [-0.4, -0.2) is 24.7 Å². The van der Waals surface area contributed by atoms with Gasteiger partial charge in [-0.05, 0) is 42.5 Å². The van der Waals surface area contributed by atoms with Gasteiger partial charge in [0.15, 0.2) is 0 Å². The van der Waals surface area contributed by atoms with Crippen molar-refractivity contribution < 1.29 is 14.3 Å². The van der Waals surface area contributed by atoms with Gasteiger partial charge in [-0.1, -0.05) is 34.8 Å². The summed E-state index contributed by atoms with van der Waals surface area (Å²) in [6, 6.07) is 11.6. The Bertz CT molecular complexity index is 694.